The Balaban J connectivity index is 2.55. The van der Waals surface area contributed by atoms with Crippen molar-refractivity contribution in [2.45, 2.75) is 11.5 Å². The molecule has 0 aliphatic heterocycles. The first-order valence-electron chi connectivity index (χ1n) is 3.96. The van der Waals surface area contributed by atoms with Gasteiger partial charge in [0.15, 0.2) is 5.06 Å². The minimum atomic E-state index is -1.33. The topological polar surface area (TPSA) is 20.2 Å². The molecule has 0 bridgehead atoms. The molecule has 0 radical (unpaired) electrons. The van der Waals surface area contributed by atoms with E-state index in [1.165, 1.54) is 6.08 Å². The molecular formula is C10H8Cl2O. The molecule has 0 amide bonds. The van der Waals surface area contributed by atoms with Crippen LogP contribution >= 0.6 is 23.2 Å². The summed E-state index contributed by atoms with van der Waals surface area (Å²) in [6.07, 6.45) is 1.87. The maximum absolute atomic E-state index is 9.60. The van der Waals surface area contributed by atoms with Gasteiger partial charge in [0.1, 0.15) is 0 Å². The average Bonchev–Trinajstić information content (AvgIpc) is 2.02. The highest BCUT2D eigenvalue weighted by Gasteiger charge is 2.28. The first-order valence-corrected chi connectivity index (χ1v) is 4.72. The van der Waals surface area contributed by atoms with Gasteiger partial charge in [0.25, 0.3) is 0 Å². The molecule has 1 unspecified atom stereocenters. The van der Waals surface area contributed by atoms with E-state index in [2.05, 4.69) is 0 Å². The summed E-state index contributed by atoms with van der Waals surface area (Å²) in [6.45, 7) is 0. The molecular weight excluding hydrogens is 207 g/mol. The number of alkyl halides is 1. The van der Waals surface area contributed by atoms with Crippen LogP contribution in [0.5, 0.6) is 0 Å². The predicted molar refractivity (Wildman–Crippen MR) is 54.8 cm³/mol. The third-order valence-electron chi connectivity index (χ3n) is 2.06. The second-order valence-corrected chi connectivity index (χ2v) is 4.21. The van der Waals surface area contributed by atoms with E-state index in [9.17, 15) is 5.11 Å². The van der Waals surface area contributed by atoms with Crippen LogP contribution in [0.15, 0.2) is 30.3 Å². The molecule has 0 saturated carbocycles. The van der Waals surface area contributed by atoms with Crippen molar-refractivity contribution in [1.82, 2.24) is 0 Å². The van der Waals surface area contributed by atoms with Crippen LogP contribution in [-0.2, 0) is 6.42 Å². The van der Waals surface area contributed by atoms with Crippen LogP contribution in [0.2, 0.25) is 0 Å². The zero-order valence-corrected chi connectivity index (χ0v) is 8.31. The molecule has 1 atom stereocenters. The van der Waals surface area contributed by atoms with Gasteiger partial charge in [-0.1, -0.05) is 47.5 Å². The molecule has 1 N–H and O–H groups in total. The number of hydrogen-bond donors (Lipinski definition) is 1. The third-order valence-corrected chi connectivity index (χ3v) is 2.62. The first-order chi connectivity index (χ1) is 6.08. The van der Waals surface area contributed by atoms with Gasteiger partial charge in [-0.2, -0.15) is 0 Å². The summed E-state index contributed by atoms with van der Waals surface area (Å²) in [5, 5.41) is 8.78. The first kappa shape index (κ1) is 9.07. The van der Waals surface area contributed by atoms with Gasteiger partial charge in [-0.3, -0.25) is 0 Å². The van der Waals surface area contributed by atoms with Crippen molar-refractivity contribution >= 4 is 28.2 Å². The molecule has 13 heavy (non-hydrogen) atoms. The van der Waals surface area contributed by atoms with Crippen molar-refractivity contribution in [2.75, 3.05) is 0 Å². The molecule has 1 aliphatic carbocycles. The molecule has 1 aliphatic rings. The van der Waals surface area contributed by atoms with E-state index in [1.54, 1.807) is 0 Å². The lowest BCUT2D eigenvalue weighted by atomic mass is 9.95. The smallest absolute Gasteiger partial charge is 0.163 e. The molecule has 1 nitrogen and oxygen atoms in total. The Kier molecular flexibility index (Phi) is 2.11. The highest BCUT2D eigenvalue weighted by atomic mass is 35.5. The van der Waals surface area contributed by atoms with Crippen molar-refractivity contribution in [1.29, 1.82) is 0 Å². The SMILES string of the molecule is OC1(Cl)C=C(Cl)c2ccccc2C1. The fourth-order valence-electron chi connectivity index (χ4n) is 1.50. The summed E-state index contributed by atoms with van der Waals surface area (Å²) < 4.78 is 0. The number of benzene rings is 1. The molecule has 0 fully saturated rings. The Morgan fingerprint density at radius 2 is 2.00 bits per heavy atom. The van der Waals surface area contributed by atoms with Crippen LogP contribution in [0, 0.1) is 0 Å². The zero-order valence-electron chi connectivity index (χ0n) is 6.80. The second-order valence-electron chi connectivity index (χ2n) is 3.14. The Labute approximate surface area is 86.6 Å². The highest BCUT2D eigenvalue weighted by Crippen LogP contribution is 2.35. The van der Waals surface area contributed by atoms with Gasteiger partial charge in [-0.25, -0.2) is 0 Å². The Morgan fingerprint density at radius 1 is 1.31 bits per heavy atom. The molecule has 0 aromatic heterocycles. The maximum Gasteiger partial charge on any atom is 0.163 e. The van der Waals surface area contributed by atoms with E-state index in [1.807, 2.05) is 24.3 Å². The van der Waals surface area contributed by atoms with E-state index >= 15 is 0 Å². The number of rotatable bonds is 0. The largest absolute Gasteiger partial charge is 0.371 e. The summed E-state index contributed by atoms with van der Waals surface area (Å²) in [5.41, 5.74) is 1.93. The van der Waals surface area contributed by atoms with Gasteiger partial charge in [0.2, 0.25) is 0 Å². The van der Waals surface area contributed by atoms with Crippen LogP contribution in [0.4, 0.5) is 0 Å². The van der Waals surface area contributed by atoms with Gasteiger partial charge >= 0.3 is 0 Å². The Bertz CT molecular complexity index is 369. The number of aliphatic hydroxyl groups is 1. The van der Waals surface area contributed by atoms with E-state index in [-0.39, 0.29) is 0 Å². The lowest BCUT2D eigenvalue weighted by molar-refractivity contribution is 0.179. The lowest BCUT2D eigenvalue weighted by Gasteiger charge is -2.24. The second kappa shape index (κ2) is 3.02. The maximum atomic E-state index is 9.60. The van der Waals surface area contributed by atoms with Crippen molar-refractivity contribution in [2.24, 2.45) is 0 Å². The van der Waals surface area contributed by atoms with Gasteiger partial charge in [0, 0.05) is 11.5 Å². The minimum absolute atomic E-state index is 0.404. The molecule has 0 spiro atoms. The molecule has 0 saturated heterocycles. The summed E-state index contributed by atoms with van der Waals surface area (Å²) in [4.78, 5) is 0. The summed E-state index contributed by atoms with van der Waals surface area (Å²) >= 11 is 11.7. The lowest BCUT2D eigenvalue weighted by Crippen LogP contribution is -2.24. The van der Waals surface area contributed by atoms with E-state index in [0.717, 1.165) is 11.1 Å². The summed E-state index contributed by atoms with van der Waals surface area (Å²) in [6, 6.07) is 7.65. The van der Waals surface area contributed by atoms with Crippen molar-refractivity contribution in [3.63, 3.8) is 0 Å². The number of halogens is 2. The van der Waals surface area contributed by atoms with Gasteiger partial charge < -0.3 is 5.11 Å². The monoisotopic (exact) mass is 214 g/mol. The van der Waals surface area contributed by atoms with Crippen molar-refractivity contribution in [3.8, 4) is 0 Å². The predicted octanol–water partition coefficient (Wildman–Crippen LogP) is 2.75. The summed E-state index contributed by atoms with van der Waals surface area (Å²) in [5.74, 6) is 0. The normalized spacial score (nSPS) is 26.5. The Morgan fingerprint density at radius 3 is 2.77 bits per heavy atom. The molecule has 1 aromatic rings. The number of hydrogen-bond acceptors (Lipinski definition) is 1. The van der Waals surface area contributed by atoms with Crippen LogP contribution < -0.4 is 0 Å². The van der Waals surface area contributed by atoms with Crippen LogP contribution in [0.3, 0.4) is 0 Å². The van der Waals surface area contributed by atoms with Gasteiger partial charge in [-0.15, -0.1) is 0 Å². The van der Waals surface area contributed by atoms with E-state index < -0.39 is 5.06 Å². The zero-order chi connectivity index (χ0) is 9.47. The summed E-state index contributed by atoms with van der Waals surface area (Å²) in [7, 11) is 0. The number of fused-ring (bicyclic) bond motifs is 1. The molecule has 1 aromatic carbocycles. The minimum Gasteiger partial charge on any atom is -0.371 e. The molecule has 3 heteroatoms. The fraction of sp³-hybridized carbons (Fsp3) is 0.200. The van der Waals surface area contributed by atoms with Crippen molar-refractivity contribution < 1.29 is 5.11 Å². The molecule has 68 valence electrons. The molecule has 0 heterocycles. The third kappa shape index (κ3) is 1.73. The van der Waals surface area contributed by atoms with E-state index in [4.69, 9.17) is 23.2 Å². The molecule has 2 rings (SSSR count). The standard InChI is InChI=1S/C10H8Cl2O/c11-9-6-10(12,13)5-7-3-1-2-4-8(7)9/h1-4,6,13H,5H2. The van der Waals surface area contributed by atoms with Crippen molar-refractivity contribution in [3.05, 3.63) is 41.5 Å². The van der Waals surface area contributed by atoms with Crippen LogP contribution in [0.1, 0.15) is 11.1 Å². The van der Waals surface area contributed by atoms with Crippen LogP contribution in [-0.4, -0.2) is 10.2 Å². The quantitative estimate of drug-likeness (QED) is 0.659. The Hall–Kier alpha value is -0.500. The van der Waals surface area contributed by atoms with Gasteiger partial charge in [0.05, 0.1) is 0 Å². The fourth-order valence-corrected chi connectivity index (χ4v) is 2.17. The van der Waals surface area contributed by atoms with Gasteiger partial charge in [-0.05, 0) is 17.2 Å². The highest BCUT2D eigenvalue weighted by molar-refractivity contribution is 6.49. The average molecular weight is 215 g/mol. The van der Waals surface area contributed by atoms with Crippen LogP contribution in [0.25, 0.3) is 5.03 Å². The van der Waals surface area contributed by atoms with E-state index in [0.29, 0.717) is 11.5 Å².